The molecule has 6 rings (SSSR count). The van der Waals surface area contributed by atoms with Crippen molar-refractivity contribution >= 4 is 11.4 Å². The molecule has 0 radical (unpaired) electrons. The summed E-state index contributed by atoms with van der Waals surface area (Å²) < 4.78 is 0. The number of rotatable bonds is 2. The zero-order valence-electron chi connectivity index (χ0n) is 18.4. The van der Waals surface area contributed by atoms with Crippen molar-refractivity contribution in [3.63, 3.8) is 0 Å². The third-order valence-electron chi connectivity index (χ3n) is 6.77. The number of aryl methyl sites for hydroxylation is 2. The molecule has 0 saturated carbocycles. The smallest absolute Gasteiger partial charge is 0.0703 e. The van der Waals surface area contributed by atoms with Crippen LogP contribution in [-0.4, -0.2) is 0 Å². The van der Waals surface area contributed by atoms with Crippen LogP contribution >= 0.6 is 0 Å². The molecule has 2 unspecified atom stereocenters. The molecule has 2 aromatic carbocycles. The summed E-state index contributed by atoms with van der Waals surface area (Å²) in [5.74, 6) is 0.703. The standard InChI is InChI=1S/C30H26N2/c1-19-11-15-21(16-12-19)27-28(22-17-13-20(2)14-18-22)32-30-26-10-6-4-8-24(26)23-7-3-5-9-25(23)29(30)31-27/h3-18,23-24,31-32H,1-2H3. The summed E-state index contributed by atoms with van der Waals surface area (Å²) in [5.41, 5.74) is 12.2. The fraction of sp³-hybridized carbons (Fsp3) is 0.133. The van der Waals surface area contributed by atoms with Crippen molar-refractivity contribution < 1.29 is 0 Å². The zero-order valence-corrected chi connectivity index (χ0v) is 18.4. The predicted molar refractivity (Wildman–Crippen MR) is 133 cm³/mol. The van der Waals surface area contributed by atoms with Gasteiger partial charge in [0.25, 0.3) is 0 Å². The van der Waals surface area contributed by atoms with Gasteiger partial charge in [-0.05, 0) is 25.0 Å². The third-order valence-corrected chi connectivity index (χ3v) is 6.77. The van der Waals surface area contributed by atoms with Crippen LogP contribution in [0.3, 0.4) is 0 Å². The molecule has 2 nitrogen and oxygen atoms in total. The molecule has 32 heavy (non-hydrogen) atoms. The maximum Gasteiger partial charge on any atom is 0.0703 e. The molecule has 3 aliphatic carbocycles. The molecule has 0 aromatic heterocycles. The average molecular weight is 415 g/mol. The van der Waals surface area contributed by atoms with Crippen molar-refractivity contribution in [2.24, 2.45) is 11.8 Å². The molecule has 0 saturated heterocycles. The Morgan fingerprint density at radius 2 is 0.906 bits per heavy atom. The fourth-order valence-corrected chi connectivity index (χ4v) is 5.05. The largest absolute Gasteiger partial charge is 0.351 e. The number of hydrogen-bond acceptors (Lipinski definition) is 2. The second-order valence-corrected chi connectivity index (χ2v) is 8.93. The molecular formula is C30H26N2. The summed E-state index contributed by atoms with van der Waals surface area (Å²) in [4.78, 5) is 0. The normalized spacial score (nSPS) is 22.9. The lowest BCUT2D eigenvalue weighted by Gasteiger charge is -2.40. The number of nitrogens with one attached hydrogen (secondary N) is 2. The Balaban J connectivity index is 1.59. The van der Waals surface area contributed by atoms with Gasteiger partial charge in [0.15, 0.2) is 0 Å². The molecule has 2 aromatic rings. The van der Waals surface area contributed by atoms with Crippen LogP contribution in [0.2, 0.25) is 0 Å². The monoisotopic (exact) mass is 414 g/mol. The number of hydrogen-bond donors (Lipinski definition) is 2. The minimum absolute atomic E-state index is 0.351. The minimum Gasteiger partial charge on any atom is -0.351 e. The third kappa shape index (κ3) is 3.03. The van der Waals surface area contributed by atoms with E-state index in [0.29, 0.717) is 11.8 Å². The molecule has 0 bridgehead atoms. The summed E-state index contributed by atoms with van der Waals surface area (Å²) in [5, 5.41) is 7.76. The summed E-state index contributed by atoms with van der Waals surface area (Å²) in [7, 11) is 0. The van der Waals surface area contributed by atoms with E-state index in [1.165, 1.54) is 44.8 Å². The van der Waals surface area contributed by atoms with Gasteiger partial charge in [0, 0.05) is 23.0 Å². The molecular weight excluding hydrogens is 388 g/mol. The lowest BCUT2D eigenvalue weighted by atomic mass is 9.71. The first-order chi connectivity index (χ1) is 15.7. The van der Waals surface area contributed by atoms with Crippen LogP contribution in [0.4, 0.5) is 0 Å². The average Bonchev–Trinajstić information content (AvgIpc) is 2.84. The Kier molecular flexibility index (Phi) is 4.39. The first kappa shape index (κ1) is 18.9. The van der Waals surface area contributed by atoms with Crippen molar-refractivity contribution in [2.75, 3.05) is 0 Å². The first-order valence-electron chi connectivity index (χ1n) is 11.3. The van der Waals surface area contributed by atoms with E-state index in [0.717, 1.165) is 11.4 Å². The second kappa shape index (κ2) is 7.42. The van der Waals surface area contributed by atoms with E-state index in [1.54, 1.807) is 0 Å². The van der Waals surface area contributed by atoms with Crippen LogP contribution in [-0.2, 0) is 0 Å². The number of benzene rings is 2. The highest BCUT2D eigenvalue weighted by Gasteiger charge is 2.37. The van der Waals surface area contributed by atoms with Gasteiger partial charge >= 0.3 is 0 Å². The second-order valence-electron chi connectivity index (χ2n) is 8.93. The van der Waals surface area contributed by atoms with E-state index in [9.17, 15) is 0 Å². The van der Waals surface area contributed by atoms with Crippen molar-refractivity contribution in [3.8, 4) is 0 Å². The first-order valence-corrected chi connectivity index (χ1v) is 11.3. The molecule has 156 valence electrons. The van der Waals surface area contributed by atoms with Gasteiger partial charge in [-0.15, -0.1) is 0 Å². The van der Waals surface area contributed by atoms with E-state index in [4.69, 9.17) is 0 Å². The van der Waals surface area contributed by atoms with Crippen molar-refractivity contribution in [1.29, 1.82) is 0 Å². The van der Waals surface area contributed by atoms with Crippen LogP contribution in [0.5, 0.6) is 0 Å². The minimum atomic E-state index is 0.351. The van der Waals surface area contributed by atoms with Gasteiger partial charge in [-0.1, -0.05) is 108 Å². The van der Waals surface area contributed by atoms with Crippen LogP contribution in [0.25, 0.3) is 11.4 Å². The van der Waals surface area contributed by atoms with Crippen LogP contribution < -0.4 is 10.6 Å². The highest BCUT2D eigenvalue weighted by molar-refractivity contribution is 5.93. The van der Waals surface area contributed by atoms with Crippen molar-refractivity contribution in [2.45, 2.75) is 13.8 Å². The Bertz CT molecular complexity index is 1200. The van der Waals surface area contributed by atoms with Crippen LogP contribution in [0.1, 0.15) is 22.3 Å². The molecule has 1 heterocycles. The molecule has 0 spiro atoms. The zero-order chi connectivity index (χ0) is 21.7. The number of fused-ring (bicyclic) bond motifs is 4. The summed E-state index contributed by atoms with van der Waals surface area (Å²) >= 11 is 0. The molecule has 0 amide bonds. The van der Waals surface area contributed by atoms with E-state index >= 15 is 0 Å². The van der Waals surface area contributed by atoms with Gasteiger partial charge in [0.2, 0.25) is 0 Å². The summed E-state index contributed by atoms with van der Waals surface area (Å²) in [6, 6.07) is 17.6. The Morgan fingerprint density at radius 3 is 1.31 bits per heavy atom. The van der Waals surface area contributed by atoms with Gasteiger partial charge in [-0.2, -0.15) is 0 Å². The van der Waals surface area contributed by atoms with E-state index in [-0.39, 0.29) is 0 Å². The van der Waals surface area contributed by atoms with Gasteiger partial charge in [0.05, 0.1) is 22.8 Å². The highest BCUT2D eigenvalue weighted by Crippen LogP contribution is 2.45. The maximum atomic E-state index is 3.88. The fourth-order valence-electron chi connectivity index (χ4n) is 5.05. The number of allylic oxidation sites excluding steroid dienone is 10. The quantitative estimate of drug-likeness (QED) is 0.600. The molecule has 4 aliphatic rings. The lowest BCUT2D eigenvalue weighted by molar-refractivity contribution is 0.586. The Morgan fingerprint density at radius 1 is 0.500 bits per heavy atom. The van der Waals surface area contributed by atoms with Gasteiger partial charge in [0.1, 0.15) is 0 Å². The van der Waals surface area contributed by atoms with Crippen LogP contribution in [0, 0.1) is 25.7 Å². The Labute approximate surface area is 189 Å². The topological polar surface area (TPSA) is 24.1 Å². The molecule has 2 atom stereocenters. The SMILES string of the molecule is Cc1ccc(C2=C(c3ccc(C)cc3)NC3=C4C=CC=CC4C4C=CC=CC4=C3N2)cc1. The molecule has 0 fully saturated rings. The van der Waals surface area contributed by atoms with Gasteiger partial charge < -0.3 is 10.6 Å². The van der Waals surface area contributed by atoms with Crippen molar-refractivity contribution in [3.05, 3.63) is 142 Å². The Hall–Kier alpha value is -3.78. The maximum absolute atomic E-state index is 3.88. The molecule has 1 aliphatic heterocycles. The summed E-state index contributed by atoms with van der Waals surface area (Å²) in [6.07, 6.45) is 17.8. The predicted octanol–water partition coefficient (Wildman–Crippen LogP) is 6.33. The van der Waals surface area contributed by atoms with Crippen LogP contribution in [0.15, 0.2) is 120 Å². The van der Waals surface area contributed by atoms with E-state index in [2.05, 4.69) is 122 Å². The summed E-state index contributed by atoms with van der Waals surface area (Å²) in [6.45, 7) is 4.26. The lowest BCUT2D eigenvalue weighted by Crippen LogP contribution is -2.38. The molecule has 2 N–H and O–H groups in total. The van der Waals surface area contributed by atoms with Crippen molar-refractivity contribution in [1.82, 2.24) is 10.6 Å². The van der Waals surface area contributed by atoms with E-state index < -0.39 is 0 Å². The van der Waals surface area contributed by atoms with Gasteiger partial charge in [-0.25, -0.2) is 0 Å². The highest BCUT2D eigenvalue weighted by atomic mass is 15.1. The molecule has 2 heteroatoms. The van der Waals surface area contributed by atoms with Gasteiger partial charge in [-0.3, -0.25) is 0 Å². The van der Waals surface area contributed by atoms with E-state index in [1.807, 2.05) is 0 Å².